The maximum Gasteiger partial charge on any atom is 0.104 e. The fourth-order valence-electron chi connectivity index (χ4n) is 0. The summed E-state index contributed by atoms with van der Waals surface area (Å²) >= 11 is 0. The molecule has 0 atom stereocenters. The van der Waals surface area contributed by atoms with E-state index in [1.54, 1.807) is 7.05 Å². The van der Waals surface area contributed by atoms with E-state index in [1.807, 2.05) is 0 Å². The molecule has 0 heterocycles. The Morgan fingerprint density at radius 2 is 2.00 bits per heavy atom. The number of hydrogen-bond acceptors (Lipinski definition) is 0. The molecular weight excluding hydrogens is 50.0 g/mol. The molecule has 0 aromatic heterocycles. The molecule has 0 rings (SSSR count). The fourth-order valence-corrected chi connectivity index (χ4v) is 0. The maximum atomic E-state index is 4.83. The molecule has 0 aliphatic carbocycles. The average molecular weight is 56.1 g/mol. The van der Waals surface area contributed by atoms with Gasteiger partial charge in [-0.2, -0.15) is 0 Å². The lowest BCUT2D eigenvalue weighted by Gasteiger charge is -1.77. The summed E-state index contributed by atoms with van der Waals surface area (Å²) in [4.78, 5) is 0. The Kier molecular flexibility index (Phi) is 0.826. The van der Waals surface area contributed by atoms with E-state index >= 15 is 0 Å². The minimum atomic E-state index is 1.25. The van der Waals surface area contributed by atoms with Crippen LogP contribution in [0.2, 0.25) is 0 Å². The molecule has 0 saturated heterocycles. The van der Waals surface area contributed by atoms with Crippen molar-refractivity contribution in [2.24, 2.45) is 0 Å². The molecule has 0 aromatic rings. The van der Waals surface area contributed by atoms with E-state index in [-0.39, 0.29) is 0 Å². The van der Waals surface area contributed by atoms with E-state index in [9.17, 15) is 0 Å². The predicted octanol–water partition coefficient (Wildman–Crippen LogP) is -0.00211. The molecule has 0 spiro atoms. The Labute approximate surface area is 26.6 Å². The van der Waals surface area contributed by atoms with Crippen LogP contribution in [0, 0.1) is 7.05 Å². The molecule has 0 fully saturated rings. The van der Waals surface area contributed by atoms with Gasteiger partial charge in [0.15, 0.2) is 0 Å². The number of hydrogen-bond donors (Lipinski definition) is 0. The van der Waals surface area contributed by atoms with Crippen molar-refractivity contribution in [3.05, 3.63) is 7.05 Å². The third-order valence-electron chi connectivity index (χ3n) is 0. The van der Waals surface area contributed by atoms with Crippen LogP contribution < -0.4 is 0 Å². The van der Waals surface area contributed by atoms with Crippen LogP contribution in [0.25, 0.3) is 0 Å². The van der Waals surface area contributed by atoms with Crippen LogP contribution in [-0.2, 0) is 0 Å². The lowest BCUT2D eigenvalue weighted by atomic mass is 11.1. The number of rotatable bonds is 0. The predicted molar refractivity (Wildman–Crippen MR) is 17.6 cm³/mol. The first-order chi connectivity index (χ1) is 1.73. The van der Waals surface area contributed by atoms with E-state index in [1.165, 1.54) is 4.58 Å². The molecule has 1 radical (unpaired) electrons. The van der Waals surface area contributed by atoms with Gasteiger partial charge in [0.25, 0.3) is 0 Å². The first-order valence-electron chi connectivity index (χ1n) is 1.02. The molecular formula is C3H6N. The standard InChI is InChI=1S/C3H6N/c1-4(2)3/h1H,2H2,3H3. The van der Waals surface area contributed by atoms with Crippen LogP contribution in [0.1, 0.15) is 0 Å². The van der Waals surface area contributed by atoms with Gasteiger partial charge in [0, 0.05) is 7.05 Å². The smallest absolute Gasteiger partial charge is 0.104 e. The molecule has 0 aromatic carbocycles. The summed E-state index contributed by atoms with van der Waals surface area (Å²) in [7, 11) is 6.50. The second-order valence-corrected chi connectivity index (χ2v) is 0.757. The van der Waals surface area contributed by atoms with Crippen molar-refractivity contribution in [3.63, 3.8) is 0 Å². The minimum Gasteiger partial charge on any atom is -0.381 e. The third-order valence-corrected chi connectivity index (χ3v) is 0. The highest BCUT2D eigenvalue weighted by atomic mass is 14.9. The lowest BCUT2D eigenvalue weighted by Crippen LogP contribution is -1.81. The topological polar surface area (TPSA) is 3.01 Å². The van der Waals surface area contributed by atoms with Gasteiger partial charge in [0.2, 0.25) is 0 Å². The van der Waals surface area contributed by atoms with Gasteiger partial charge in [0.05, 0.1) is 0 Å². The van der Waals surface area contributed by atoms with E-state index < -0.39 is 0 Å². The Balaban J connectivity index is 2.80. The molecule has 23 valence electrons. The Morgan fingerprint density at radius 3 is 2.00 bits per heavy atom. The monoisotopic (exact) mass is 56.1 g/mol. The quantitative estimate of drug-likeness (QED) is 0.159. The molecule has 0 saturated carbocycles. The van der Waals surface area contributed by atoms with Crippen molar-refractivity contribution in [2.45, 2.75) is 0 Å². The van der Waals surface area contributed by atoms with Gasteiger partial charge in [-0.05, 0) is 6.72 Å². The van der Waals surface area contributed by atoms with Crippen molar-refractivity contribution < 1.29 is 4.58 Å². The van der Waals surface area contributed by atoms with Crippen LogP contribution in [0.4, 0.5) is 0 Å². The van der Waals surface area contributed by atoms with Gasteiger partial charge >= 0.3 is 0 Å². The summed E-state index contributed by atoms with van der Waals surface area (Å²) < 4.78 is 1.25. The molecule has 0 N–H and O–H groups in total. The molecule has 0 aliphatic heterocycles. The lowest BCUT2D eigenvalue weighted by molar-refractivity contribution is -0.420. The molecule has 0 amide bonds. The molecule has 4 heavy (non-hydrogen) atoms. The van der Waals surface area contributed by atoms with Gasteiger partial charge in [-0.15, -0.1) is 0 Å². The molecule has 1 heteroatoms. The second kappa shape index (κ2) is 0.934. The summed E-state index contributed by atoms with van der Waals surface area (Å²) in [6.45, 7) is 3.25. The normalized spacial score (nSPS) is 6.25. The van der Waals surface area contributed by atoms with Crippen LogP contribution in [0.15, 0.2) is 0 Å². The highest BCUT2D eigenvalue weighted by Crippen LogP contribution is 1.37. The molecule has 0 unspecified atom stereocenters. The van der Waals surface area contributed by atoms with E-state index in [0.717, 1.165) is 0 Å². The van der Waals surface area contributed by atoms with E-state index in [4.69, 9.17) is 7.05 Å². The van der Waals surface area contributed by atoms with Gasteiger partial charge < -0.3 is 4.58 Å². The van der Waals surface area contributed by atoms with Crippen LogP contribution in [0.3, 0.4) is 0 Å². The van der Waals surface area contributed by atoms with Gasteiger partial charge in [-0.1, -0.05) is 0 Å². The zero-order valence-corrected chi connectivity index (χ0v) is 2.73. The summed E-state index contributed by atoms with van der Waals surface area (Å²) in [5.41, 5.74) is 0. The van der Waals surface area contributed by atoms with E-state index in [2.05, 4.69) is 6.72 Å². The summed E-state index contributed by atoms with van der Waals surface area (Å²) in [5.74, 6) is 0. The average Bonchev–Trinajstić information content (AvgIpc) is 0.811. The Bertz CT molecular complexity index is 26.3. The Hall–Kier alpha value is -0.460. The second-order valence-electron chi connectivity index (χ2n) is 0.757. The summed E-state index contributed by atoms with van der Waals surface area (Å²) in [6.07, 6.45) is 0. The highest BCUT2D eigenvalue weighted by Gasteiger charge is 1.43. The van der Waals surface area contributed by atoms with Gasteiger partial charge in [0.1, 0.15) is 7.05 Å². The van der Waals surface area contributed by atoms with Crippen molar-refractivity contribution in [1.29, 1.82) is 0 Å². The van der Waals surface area contributed by atoms with Crippen LogP contribution in [0.5, 0.6) is 0 Å². The maximum absolute atomic E-state index is 4.83. The first-order valence-corrected chi connectivity index (χ1v) is 1.02. The van der Waals surface area contributed by atoms with E-state index in [0.29, 0.717) is 0 Å². The summed E-state index contributed by atoms with van der Waals surface area (Å²) in [5, 5.41) is 0. The molecule has 1 nitrogen and oxygen atoms in total. The van der Waals surface area contributed by atoms with Crippen molar-refractivity contribution in [1.82, 2.24) is 0 Å². The SMILES string of the molecule is [CH-][N+](=C)C. The summed E-state index contributed by atoms with van der Waals surface area (Å²) in [6, 6.07) is 0. The van der Waals surface area contributed by atoms with Crippen molar-refractivity contribution in [2.75, 3.05) is 7.05 Å². The van der Waals surface area contributed by atoms with Crippen molar-refractivity contribution in [3.8, 4) is 0 Å². The molecule has 0 aliphatic rings. The number of nitrogens with zero attached hydrogens (tertiary/aromatic N) is 1. The minimum absolute atomic E-state index is 1.25. The van der Waals surface area contributed by atoms with Crippen LogP contribution in [-0.4, -0.2) is 18.3 Å². The zero-order valence-electron chi connectivity index (χ0n) is 2.73. The van der Waals surface area contributed by atoms with Crippen LogP contribution >= 0.6 is 0 Å². The van der Waals surface area contributed by atoms with Gasteiger partial charge in [-0.3, -0.25) is 0 Å². The first kappa shape index (κ1) is 3.54. The van der Waals surface area contributed by atoms with Crippen molar-refractivity contribution >= 4 is 6.72 Å². The molecule has 0 bridgehead atoms. The zero-order chi connectivity index (χ0) is 3.58. The van der Waals surface area contributed by atoms with Gasteiger partial charge in [-0.25, -0.2) is 0 Å². The highest BCUT2D eigenvalue weighted by molar-refractivity contribution is 5.13. The fraction of sp³-hybridized carbons (Fsp3) is 0.333. The third kappa shape index (κ3) is 2.12. The Morgan fingerprint density at radius 1 is 2.00 bits per heavy atom. The largest absolute Gasteiger partial charge is 0.381 e.